The van der Waals surface area contributed by atoms with E-state index in [0.717, 1.165) is 16.0 Å². The Morgan fingerprint density at radius 3 is 2.53 bits per heavy atom. The molecule has 0 radical (unpaired) electrons. The molecule has 6 heteroatoms. The zero-order chi connectivity index (χ0) is 21.7. The normalized spacial score (nSPS) is 14.8. The van der Waals surface area contributed by atoms with E-state index < -0.39 is 0 Å². The Morgan fingerprint density at radius 1 is 1.17 bits per heavy atom. The Bertz CT molecular complexity index is 908. The fraction of sp³-hybridized carbons (Fsp3) is 0.417. The van der Waals surface area contributed by atoms with Crippen LogP contribution in [0.2, 0.25) is 0 Å². The number of piperidine rings is 1. The Hall–Kier alpha value is -2.34. The summed E-state index contributed by atoms with van der Waals surface area (Å²) in [5.41, 5.74) is 2.08. The SMILES string of the molecule is Cc1ccc(CNC(=O)C2CCN(C(=O)c3ccccc3SC(C)C)CC2)cc1F. The van der Waals surface area contributed by atoms with E-state index in [9.17, 15) is 14.0 Å². The van der Waals surface area contributed by atoms with Gasteiger partial charge < -0.3 is 10.2 Å². The molecular formula is C24H29FN2O2S. The van der Waals surface area contributed by atoms with Crippen LogP contribution in [0.4, 0.5) is 4.39 Å². The van der Waals surface area contributed by atoms with E-state index in [1.807, 2.05) is 35.2 Å². The molecule has 30 heavy (non-hydrogen) atoms. The summed E-state index contributed by atoms with van der Waals surface area (Å²) in [6.45, 7) is 7.39. The van der Waals surface area contributed by atoms with Gasteiger partial charge in [0.25, 0.3) is 5.91 Å². The zero-order valence-electron chi connectivity index (χ0n) is 17.8. The van der Waals surface area contributed by atoms with Gasteiger partial charge >= 0.3 is 0 Å². The minimum atomic E-state index is -0.260. The molecule has 3 rings (SSSR count). The van der Waals surface area contributed by atoms with E-state index >= 15 is 0 Å². The summed E-state index contributed by atoms with van der Waals surface area (Å²) >= 11 is 1.69. The zero-order valence-corrected chi connectivity index (χ0v) is 18.6. The number of rotatable bonds is 6. The van der Waals surface area contributed by atoms with Crippen LogP contribution in [-0.4, -0.2) is 35.1 Å². The molecule has 0 aromatic heterocycles. The van der Waals surface area contributed by atoms with Crippen molar-refractivity contribution >= 4 is 23.6 Å². The van der Waals surface area contributed by atoms with Gasteiger partial charge in [-0.1, -0.05) is 38.1 Å². The highest BCUT2D eigenvalue weighted by Crippen LogP contribution is 2.28. The first-order chi connectivity index (χ1) is 14.3. The summed E-state index contributed by atoms with van der Waals surface area (Å²) in [7, 11) is 0. The Labute approximate surface area is 182 Å². The smallest absolute Gasteiger partial charge is 0.254 e. The van der Waals surface area contributed by atoms with Gasteiger partial charge in [0.1, 0.15) is 5.82 Å². The molecular weight excluding hydrogens is 399 g/mol. The molecule has 2 aromatic rings. The first-order valence-corrected chi connectivity index (χ1v) is 11.3. The summed E-state index contributed by atoms with van der Waals surface area (Å²) in [6, 6.07) is 12.7. The lowest BCUT2D eigenvalue weighted by Gasteiger charge is -2.32. The average Bonchev–Trinajstić information content (AvgIpc) is 2.74. The van der Waals surface area contributed by atoms with E-state index in [-0.39, 0.29) is 23.5 Å². The van der Waals surface area contributed by atoms with Gasteiger partial charge in [-0.05, 0) is 49.1 Å². The number of hydrogen-bond acceptors (Lipinski definition) is 3. The predicted molar refractivity (Wildman–Crippen MR) is 119 cm³/mol. The second-order valence-electron chi connectivity index (χ2n) is 8.03. The number of nitrogens with one attached hydrogen (secondary N) is 1. The minimum Gasteiger partial charge on any atom is -0.352 e. The molecule has 1 saturated heterocycles. The maximum absolute atomic E-state index is 13.7. The van der Waals surface area contributed by atoms with Gasteiger partial charge in [0.05, 0.1) is 5.56 Å². The van der Waals surface area contributed by atoms with Gasteiger partial charge in [0, 0.05) is 35.7 Å². The lowest BCUT2D eigenvalue weighted by atomic mass is 9.95. The molecule has 1 fully saturated rings. The summed E-state index contributed by atoms with van der Waals surface area (Å²) in [5, 5.41) is 3.31. The predicted octanol–water partition coefficient (Wildman–Crippen LogP) is 4.80. The van der Waals surface area contributed by atoms with Crippen molar-refractivity contribution in [1.29, 1.82) is 0 Å². The molecule has 2 aromatic carbocycles. The number of carbonyl (C=O) groups is 2. The van der Waals surface area contributed by atoms with Crippen molar-refractivity contribution in [2.45, 2.75) is 50.3 Å². The number of aryl methyl sites for hydroxylation is 1. The van der Waals surface area contributed by atoms with E-state index in [1.54, 1.807) is 24.8 Å². The molecule has 0 spiro atoms. The van der Waals surface area contributed by atoms with Crippen LogP contribution in [0.5, 0.6) is 0 Å². The molecule has 0 unspecified atom stereocenters. The lowest BCUT2D eigenvalue weighted by molar-refractivity contribution is -0.126. The molecule has 1 aliphatic rings. The molecule has 1 aliphatic heterocycles. The maximum atomic E-state index is 13.7. The van der Waals surface area contributed by atoms with Crippen LogP contribution >= 0.6 is 11.8 Å². The van der Waals surface area contributed by atoms with E-state index in [2.05, 4.69) is 19.2 Å². The number of hydrogen-bond donors (Lipinski definition) is 1. The first kappa shape index (κ1) is 22.3. The Morgan fingerprint density at radius 2 is 1.87 bits per heavy atom. The molecule has 0 atom stereocenters. The molecule has 0 saturated carbocycles. The molecule has 4 nitrogen and oxygen atoms in total. The van der Waals surface area contributed by atoms with E-state index in [1.165, 1.54) is 6.07 Å². The maximum Gasteiger partial charge on any atom is 0.254 e. The number of likely N-dealkylation sites (tertiary alicyclic amines) is 1. The van der Waals surface area contributed by atoms with Gasteiger partial charge in [-0.2, -0.15) is 0 Å². The van der Waals surface area contributed by atoms with Crippen molar-refractivity contribution in [1.82, 2.24) is 10.2 Å². The topological polar surface area (TPSA) is 49.4 Å². The molecule has 2 amide bonds. The van der Waals surface area contributed by atoms with Crippen molar-refractivity contribution in [2.75, 3.05) is 13.1 Å². The van der Waals surface area contributed by atoms with Crippen molar-refractivity contribution in [2.24, 2.45) is 5.92 Å². The first-order valence-electron chi connectivity index (χ1n) is 10.4. The van der Waals surface area contributed by atoms with Crippen LogP contribution < -0.4 is 5.32 Å². The third-order valence-corrected chi connectivity index (χ3v) is 6.42. The monoisotopic (exact) mass is 428 g/mol. The Balaban J connectivity index is 1.53. The lowest BCUT2D eigenvalue weighted by Crippen LogP contribution is -2.43. The van der Waals surface area contributed by atoms with Crippen molar-refractivity contribution < 1.29 is 14.0 Å². The van der Waals surface area contributed by atoms with Gasteiger partial charge in [0.15, 0.2) is 0 Å². The number of thioether (sulfide) groups is 1. The van der Waals surface area contributed by atoms with Crippen LogP contribution in [0, 0.1) is 18.7 Å². The van der Waals surface area contributed by atoms with Crippen LogP contribution in [-0.2, 0) is 11.3 Å². The van der Waals surface area contributed by atoms with E-state index in [0.29, 0.717) is 43.3 Å². The van der Waals surface area contributed by atoms with Crippen molar-refractivity contribution in [3.8, 4) is 0 Å². The fourth-order valence-electron chi connectivity index (χ4n) is 3.59. The highest BCUT2D eigenvalue weighted by atomic mass is 32.2. The van der Waals surface area contributed by atoms with Crippen LogP contribution in [0.1, 0.15) is 48.2 Å². The minimum absolute atomic E-state index is 0.0288. The quantitative estimate of drug-likeness (QED) is 0.672. The third kappa shape index (κ3) is 5.63. The summed E-state index contributed by atoms with van der Waals surface area (Å²) in [4.78, 5) is 28.4. The van der Waals surface area contributed by atoms with Crippen molar-refractivity contribution in [3.63, 3.8) is 0 Å². The highest BCUT2D eigenvalue weighted by Gasteiger charge is 2.28. The molecule has 0 aliphatic carbocycles. The van der Waals surface area contributed by atoms with Crippen LogP contribution in [0.15, 0.2) is 47.4 Å². The fourth-order valence-corrected chi connectivity index (χ4v) is 4.54. The van der Waals surface area contributed by atoms with Gasteiger partial charge in [-0.25, -0.2) is 4.39 Å². The highest BCUT2D eigenvalue weighted by molar-refractivity contribution is 8.00. The van der Waals surface area contributed by atoms with E-state index in [4.69, 9.17) is 0 Å². The standard InChI is InChI=1S/C24H29FN2O2S/c1-16(2)30-22-7-5-4-6-20(22)24(29)27-12-10-19(11-13-27)23(28)26-15-18-9-8-17(3)21(25)14-18/h4-9,14,16,19H,10-13,15H2,1-3H3,(H,26,28). The number of amides is 2. The molecule has 1 N–H and O–H groups in total. The number of halogens is 1. The molecule has 1 heterocycles. The van der Waals surface area contributed by atoms with Gasteiger partial charge in [-0.15, -0.1) is 11.8 Å². The van der Waals surface area contributed by atoms with Crippen LogP contribution in [0.3, 0.4) is 0 Å². The second-order valence-corrected chi connectivity index (χ2v) is 9.65. The van der Waals surface area contributed by atoms with Crippen LogP contribution in [0.25, 0.3) is 0 Å². The van der Waals surface area contributed by atoms with Gasteiger partial charge in [0.2, 0.25) is 5.91 Å². The Kier molecular flexibility index (Phi) is 7.53. The molecule has 0 bridgehead atoms. The van der Waals surface area contributed by atoms with Gasteiger partial charge in [-0.3, -0.25) is 9.59 Å². The number of benzene rings is 2. The second kappa shape index (κ2) is 10.1. The molecule has 160 valence electrons. The largest absolute Gasteiger partial charge is 0.352 e. The average molecular weight is 429 g/mol. The number of carbonyl (C=O) groups excluding carboxylic acids is 2. The summed E-state index contributed by atoms with van der Waals surface area (Å²) in [6.07, 6.45) is 1.28. The van der Waals surface area contributed by atoms with Crippen molar-refractivity contribution in [3.05, 3.63) is 65.0 Å². The number of nitrogens with zero attached hydrogens (tertiary/aromatic N) is 1. The summed E-state index contributed by atoms with van der Waals surface area (Å²) < 4.78 is 13.7. The summed E-state index contributed by atoms with van der Waals surface area (Å²) in [5.74, 6) is -0.374. The third-order valence-electron chi connectivity index (χ3n) is 5.34.